The lowest BCUT2D eigenvalue weighted by atomic mass is 9.55. The highest BCUT2D eigenvalue weighted by atomic mass is 16.8. The van der Waals surface area contributed by atoms with Crippen LogP contribution >= 0.6 is 0 Å². The smallest absolute Gasteiger partial charge is 0.269 e. The van der Waals surface area contributed by atoms with Crippen molar-refractivity contribution in [2.75, 3.05) is 52.8 Å². The van der Waals surface area contributed by atoms with Gasteiger partial charge in [-0.05, 0) is 135 Å². The highest BCUT2D eigenvalue weighted by molar-refractivity contribution is 6.03. The minimum absolute atomic E-state index is 0.0121. The topological polar surface area (TPSA) is 192 Å². The van der Waals surface area contributed by atoms with Gasteiger partial charge in [0.05, 0.1) is 49.6 Å². The maximum atomic E-state index is 15.0. The van der Waals surface area contributed by atoms with E-state index < -0.39 is 34.9 Å². The first-order valence-corrected chi connectivity index (χ1v) is 24.1. The summed E-state index contributed by atoms with van der Waals surface area (Å²) in [5.41, 5.74) is 5.21. The van der Waals surface area contributed by atoms with E-state index in [1.165, 1.54) is 18.2 Å². The number of oxime groups is 1. The molecule has 3 aromatic rings. The molecule has 0 spiro atoms. The summed E-state index contributed by atoms with van der Waals surface area (Å²) in [6.45, 7) is 8.93. The molecule has 15 nitrogen and oxygen atoms in total. The van der Waals surface area contributed by atoms with Gasteiger partial charge in [0.25, 0.3) is 5.69 Å². The number of allylic oxidation sites excluding steroid dienone is 1. The van der Waals surface area contributed by atoms with Crippen LogP contribution in [0.2, 0.25) is 0 Å². The van der Waals surface area contributed by atoms with E-state index in [4.69, 9.17) is 33.7 Å². The zero-order chi connectivity index (χ0) is 48.0. The van der Waals surface area contributed by atoms with Gasteiger partial charge in [-0.15, -0.1) is 6.58 Å². The van der Waals surface area contributed by atoms with Gasteiger partial charge >= 0.3 is 0 Å². The number of hydrogen-bond acceptors (Lipinski definition) is 13. The predicted octanol–water partition coefficient (Wildman–Crippen LogP) is 8.72. The molecule has 366 valence electrons. The number of carbonyl (C=O) groups is 1. The Kier molecular flexibility index (Phi) is 18.0. The minimum atomic E-state index is -1.53. The lowest BCUT2D eigenvalue weighted by molar-refractivity contribution is -0.384. The van der Waals surface area contributed by atoms with Crippen molar-refractivity contribution >= 4 is 23.4 Å². The Labute approximate surface area is 399 Å². The number of nitro groups is 1. The quantitative estimate of drug-likeness (QED) is 0.0255. The van der Waals surface area contributed by atoms with Crippen LogP contribution in [-0.2, 0) is 23.8 Å². The van der Waals surface area contributed by atoms with E-state index in [2.05, 4.69) is 32.6 Å². The Balaban J connectivity index is 1.43. The van der Waals surface area contributed by atoms with E-state index in [0.29, 0.717) is 54.4 Å². The van der Waals surface area contributed by atoms with Crippen molar-refractivity contribution in [1.82, 2.24) is 4.90 Å². The van der Waals surface area contributed by atoms with Crippen molar-refractivity contribution in [1.29, 1.82) is 0 Å². The standard InChI is InChI=1S/C53H67N3O12/c1-4-28-65-53-48(55(24-30-63-31-27-59)49(60)23-17-38-15-18-40(19-16-38)56(61)62)35-46(54-68-50-13-7-10-29-64-50)44-33-39(11-5-8-25-57)43(12-6-9-26-58)51(52(44)53)45-34-42(21-22-47(45)67-53)66-41-20-14-36(2)37(3)32-41/h4,14-23,32-34,39,43,48,50-52,57-59H,1,5-13,24-31,35H2,2-3H3/t39-,43+,48-,50?,51+,52+,53+/m0/s1. The number of aliphatic hydroxyl groups excluding tert-OH is 3. The number of benzene rings is 3. The average Bonchev–Trinajstić information content (AvgIpc) is 3.35. The molecule has 1 amide bonds. The molecule has 15 heteroatoms. The molecule has 2 aliphatic carbocycles. The molecule has 2 aliphatic heterocycles. The number of rotatable bonds is 24. The van der Waals surface area contributed by atoms with Gasteiger partial charge in [0, 0.05) is 62.3 Å². The molecule has 0 radical (unpaired) electrons. The monoisotopic (exact) mass is 937 g/mol. The summed E-state index contributed by atoms with van der Waals surface area (Å²) < 4.78 is 32.9. The first-order chi connectivity index (χ1) is 33.1. The van der Waals surface area contributed by atoms with Gasteiger partial charge in [0.1, 0.15) is 23.3 Å². The normalized spacial score (nSPS) is 24.7. The SMILES string of the molecule is C=CCO[C@@]12Oc3ccc(Oc4ccc(C)c(C)c4)cc3[C@H]3[C@H](CCCCO)[C@@H](CCCCO)C=C(C(=NOC4CCCCO4)C[C@@H]1N(CCOCCO)C(=O)C=Cc1ccc([N+](=O)[O-])cc1)[C@H]32. The maximum absolute atomic E-state index is 15.0. The molecule has 4 aliphatic rings. The molecule has 1 unspecified atom stereocenters. The molecular weight excluding hydrogens is 871 g/mol. The number of amides is 1. The van der Waals surface area contributed by atoms with E-state index >= 15 is 0 Å². The Bertz CT molecular complexity index is 2270. The predicted molar refractivity (Wildman–Crippen MR) is 257 cm³/mol. The molecule has 2 heterocycles. The van der Waals surface area contributed by atoms with Gasteiger partial charge in [-0.2, -0.15) is 0 Å². The minimum Gasteiger partial charge on any atom is -0.459 e. The van der Waals surface area contributed by atoms with Crippen molar-refractivity contribution in [2.24, 2.45) is 22.9 Å². The van der Waals surface area contributed by atoms with Crippen LogP contribution in [0.4, 0.5) is 5.69 Å². The summed E-state index contributed by atoms with van der Waals surface area (Å²) in [5.74, 6) is -0.875. The second-order valence-corrected chi connectivity index (χ2v) is 18.1. The van der Waals surface area contributed by atoms with E-state index in [9.17, 15) is 30.2 Å². The molecule has 68 heavy (non-hydrogen) atoms. The third-order valence-corrected chi connectivity index (χ3v) is 13.7. The van der Waals surface area contributed by atoms with Gasteiger partial charge in [-0.3, -0.25) is 14.9 Å². The van der Waals surface area contributed by atoms with Crippen molar-refractivity contribution in [3.05, 3.63) is 123 Å². The number of aryl methyl sites for hydroxylation is 2. The van der Waals surface area contributed by atoms with Crippen LogP contribution in [0.25, 0.3) is 6.08 Å². The lowest BCUT2D eigenvalue weighted by Gasteiger charge is -2.60. The van der Waals surface area contributed by atoms with Gasteiger partial charge in [0.15, 0.2) is 0 Å². The summed E-state index contributed by atoms with van der Waals surface area (Å²) in [7, 11) is 0. The summed E-state index contributed by atoms with van der Waals surface area (Å²) in [5, 5.41) is 46.0. The third kappa shape index (κ3) is 11.9. The van der Waals surface area contributed by atoms with Gasteiger partial charge in [0.2, 0.25) is 18.0 Å². The van der Waals surface area contributed by atoms with Crippen molar-refractivity contribution < 1.29 is 53.6 Å². The van der Waals surface area contributed by atoms with E-state index in [0.717, 1.165) is 60.8 Å². The zero-order valence-electron chi connectivity index (χ0n) is 39.3. The Morgan fingerprint density at radius 3 is 2.43 bits per heavy atom. The number of nitrogens with zero attached hydrogens (tertiary/aromatic N) is 3. The van der Waals surface area contributed by atoms with Crippen LogP contribution in [0.1, 0.15) is 92.4 Å². The zero-order valence-corrected chi connectivity index (χ0v) is 39.3. The fraction of sp³-hybridized carbons (Fsp3) is 0.509. The van der Waals surface area contributed by atoms with Gasteiger partial charge in [-0.25, -0.2) is 0 Å². The number of nitro benzene ring substituents is 1. The van der Waals surface area contributed by atoms with Crippen LogP contribution in [0.5, 0.6) is 17.2 Å². The highest BCUT2D eigenvalue weighted by Crippen LogP contribution is 2.62. The molecular formula is C53H67N3O12. The number of aliphatic hydroxyl groups is 3. The molecule has 2 fully saturated rings. The van der Waals surface area contributed by atoms with Gasteiger partial charge in [-0.1, -0.05) is 36.2 Å². The molecule has 0 bridgehead atoms. The third-order valence-electron chi connectivity index (χ3n) is 13.7. The van der Waals surface area contributed by atoms with Crippen LogP contribution in [0.3, 0.4) is 0 Å². The van der Waals surface area contributed by atoms with Crippen LogP contribution in [0, 0.1) is 41.7 Å². The Hall–Kier alpha value is -5.42. The van der Waals surface area contributed by atoms with Gasteiger partial charge < -0.3 is 48.7 Å². The first-order valence-electron chi connectivity index (χ1n) is 24.1. The van der Waals surface area contributed by atoms with Crippen molar-refractivity contribution in [3.8, 4) is 17.2 Å². The van der Waals surface area contributed by atoms with Crippen LogP contribution < -0.4 is 9.47 Å². The average molecular weight is 938 g/mol. The first kappa shape index (κ1) is 50.5. The number of non-ortho nitro benzene ring substituents is 1. The van der Waals surface area contributed by atoms with Crippen molar-refractivity contribution in [2.45, 2.75) is 102 Å². The molecule has 0 aromatic heterocycles. The van der Waals surface area contributed by atoms with E-state index in [1.807, 2.05) is 30.3 Å². The van der Waals surface area contributed by atoms with Crippen LogP contribution in [-0.4, -0.2) is 108 Å². The molecule has 3 N–H and O–H groups in total. The summed E-state index contributed by atoms with van der Waals surface area (Å²) in [6, 6.07) is 17.0. The molecule has 7 rings (SSSR count). The second kappa shape index (κ2) is 24.2. The number of ether oxygens (including phenoxy) is 5. The molecule has 1 saturated carbocycles. The second-order valence-electron chi connectivity index (χ2n) is 18.1. The number of hydrogen-bond donors (Lipinski definition) is 3. The van der Waals surface area contributed by atoms with Crippen molar-refractivity contribution in [3.63, 3.8) is 0 Å². The Morgan fingerprint density at radius 2 is 1.72 bits per heavy atom. The molecule has 1 saturated heterocycles. The largest absolute Gasteiger partial charge is 0.459 e. The highest BCUT2D eigenvalue weighted by Gasteiger charge is 2.65. The van der Waals surface area contributed by atoms with E-state index in [1.54, 1.807) is 29.2 Å². The van der Waals surface area contributed by atoms with E-state index in [-0.39, 0.29) is 76.0 Å². The molecule has 7 atom stereocenters. The number of carbonyl (C=O) groups excluding carboxylic acids is 1. The maximum Gasteiger partial charge on any atom is 0.269 e. The lowest BCUT2D eigenvalue weighted by Crippen LogP contribution is -2.70. The van der Waals surface area contributed by atoms with Crippen LogP contribution in [0.15, 0.2) is 96.2 Å². The fourth-order valence-electron chi connectivity index (χ4n) is 10.3. The summed E-state index contributed by atoms with van der Waals surface area (Å²) in [4.78, 5) is 33.9. The fourth-order valence-corrected chi connectivity index (χ4v) is 10.3. The summed E-state index contributed by atoms with van der Waals surface area (Å²) in [6.07, 6.45) is 13.5. The number of unbranched alkanes of at least 4 members (excludes halogenated alkanes) is 2. The Morgan fingerprint density at radius 1 is 0.956 bits per heavy atom. The molecule has 3 aromatic carbocycles. The summed E-state index contributed by atoms with van der Waals surface area (Å²) >= 11 is 0. The number of fused-ring (bicyclic) bond motifs is 2.